The van der Waals surface area contributed by atoms with E-state index in [1.54, 1.807) is 24.3 Å². The molecular formula is C19H19N3O3. The second kappa shape index (κ2) is 8.01. The van der Waals surface area contributed by atoms with Crippen molar-refractivity contribution in [1.29, 1.82) is 0 Å². The maximum atomic E-state index is 11.8. The van der Waals surface area contributed by atoms with Gasteiger partial charge >= 0.3 is 6.09 Å². The number of carbonyl (C=O) groups excluding carboxylic acids is 2. The summed E-state index contributed by atoms with van der Waals surface area (Å²) < 4.78 is 0. The van der Waals surface area contributed by atoms with Gasteiger partial charge in [-0.05, 0) is 36.6 Å². The van der Waals surface area contributed by atoms with Crippen molar-refractivity contribution in [3.63, 3.8) is 0 Å². The molecule has 0 saturated heterocycles. The second-order valence-corrected chi connectivity index (χ2v) is 5.62. The highest BCUT2D eigenvalue weighted by atomic mass is 16.7. The van der Waals surface area contributed by atoms with Crippen molar-refractivity contribution in [2.24, 2.45) is 0 Å². The van der Waals surface area contributed by atoms with Gasteiger partial charge in [-0.15, -0.1) is 0 Å². The highest BCUT2D eigenvalue weighted by molar-refractivity contribution is 5.86. The molecular weight excluding hydrogens is 318 g/mol. The normalized spacial score (nSPS) is 10.4. The molecule has 0 aliphatic rings. The van der Waals surface area contributed by atoms with E-state index < -0.39 is 6.09 Å². The van der Waals surface area contributed by atoms with Gasteiger partial charge < -0.3 is 9.82 Å². The van der Waals surface area contributed by atoms with Crippen molar-refractivity contribution in [1.82, 2.24) is 10.5 Å². The van der Waals surface area contributed by atoms with Crippen LogP contribution in [0.1, 0.15) is 18.4 Å². The van der Waals surface area contributed by atoms with Gasteiger partial charge in [0.1, 0.15) is 0 Å². The van der Waals surface area contributed by atoms with Gasteiger partial charge in [-0.3, -0.25) is 10.1 Å². The van der Waals surface area contributed by atoms with Crippen molar-refractivity contribution in [3.8, 4) is 0 Å². The SMILES string of the molecule is O=C(CCCc1c[nH]c2ccccc12)NOC(=O)Nc1ccccc1. The lowest BCUT2D eigenvalue weighted by atomic mass is 10.1. The molecule has 1 aromatic heterocycles. The maximum Gasteiger partial charge on any atom is 0.436 e. The zero-order valence-corrected chi connectivity index (χ0v) is 13.6. The molecule has 25 heavy (non-hydrogen) atoms. The Morgan fingerprint density at radius 2 is 1.76 bits per heavy atom. The third-order valence-electron chi connectivity index (χ3n) is 3.80. The van der Waals surface area contributed by atoms with Crippen molar-refractivity contribution < 1.29 is 14.4 Å². The fourth-order valence-electron chi connectivity index (χ4n) is 2.60. The zero-order valence-electron chi connectivity index (χ0n) is 13.6. The third kappa shape index (κ3) is 4.60. The molecule has 128 valence electrons. The average Bonchev–Trinajstić information content (AvgIpc) is 3.04. The molecule has 1 heterocycles. The Morgan fingerprint density at radius 3 is 2.60 bits per heavy atom. The van der Waals surface area contributed by atoms with Gasteiger partial charge in [-0.25, -0.2) is 4.79 Å². The summed E-state index contributed by atoms with van der Waals surface area (Å²) >= 11 is 0. The monoisotopic (exact) mass is 337 g/mol. The minimum Gasteiger partial charge on any atom is -0.361 e. The first-order valence-corrected chi connectivity index (χ1v) is 8.09. The van der Waals surface area contributed by atoms with Gasteiger partial charge in [-0.2, -0.15) is 5.48 Å². The molecule has 0 spiro atoms. The number of rotatable bonds is 5. The lowest BCUT2D eigenvalue weighted by molar-refractivity contribution is -0.129. The zero-order chi connectivity index (χ0) is 17.5. The van der Waals surface area contributed by atoms with Gasteiger partial charge in [0.05, 0.1) is 0 Å². The highest BCUT2D eigenvalue weighted by Crippen LogP contribution is 2.19. The Kier molecular flexibility index (Phi) is 5.31. The molecule has 0 aliphatic carbocycles. The smallest absolute Gasteiger partial charge is 0.361 e. The van der Waals surface area contributed by atoms with Crippen LogP contribution in [-0.4, -0.2) is 17.0 Å². The fourth-order valence-corrected chi connectivity index (χ4v) is 2.60. The van der Waals surface area contributed by atoms with Crippen molar-refractivity contribution in [2.45, 2.75) is 19.3 Å². The van der Waals surface area contributed by atoms with E-state index in [-0.39, 0.29) is 12.3 Å². The number of para-hydroxylation sites is 2. The summed E-state index contributed by atoms with van der Waals surface area (Å²) in [6, 6.07) is 16.9. The van der Waals surface area contributed by atoms with Crippen LogP contribution in [-0.2, 0) is 16.1 Å². The first-order valence-electron chi connectivity index (χ1n) is 8.09. The van der Waals surface area contributed by atoms with Gasteiger partial charge in [0, 0.05) is 29.2 Å². The van der Waals surface area contributed by atoms with Gasteiger partial charge in [0.2, 0.25) is 0 Å². The van der Waals surface area contributed by atoms with E-state index in [0.717, 1.165) is 11.9 Å². The number of benzene rings is 2. The van der Waals surface area contributed by atoms with E-state index in [1.165, 1.54) is 10.9 Å². The Hall–Kier alpha value is -3.28. The number of carbonyl (C=O) groups is 2. The Morgan fingerprint density at radius 1 is 1.00 bits per heavy atom. The first-order chi connectivity index (χ1) is 12.2. The Balaban J connectivity index is 1.39. The van der Waals surface area contributed by atoms with Crippen LogP contribution in [0.2, 0.25) is 0 Å². The van der Waals surface area contributed by atoms with E-state index in [0.29, 0.717) is 12.1 Å². The van der Waals surface area contributed by atoms with Crippen molar-refractivity contribution in [2.75, 3.05) is 5.32 Å². The summed E-state index contributed by atoms with van der Waals surface area (Å²) in [4.78, 5) is 31.3. The minimum atomic E-state index is -0.726. The summed E-state index contributed by atoms with van der Waals surface area (Å²) in [6.07, 6.45) is 2.95. The number of aromatic nitrogens is 1. The second-order valence-electron chi connectivity index (χ2n) is 5.62. The molecule has 0 saturated carbocycles. The Labute approximate surface area is 145 Å². The van der Waals surface area contributed by atoms with Crippen LogP contribution in [0.3, 0.4) is 0 Å². The molecule has 0 fully saturated rings. The fraction of sp³-hybridized carbons (Fsp3) is 0.158. The van der Waals surface area contributed by atoms with Crippen LogP contribution in [0.5, 0.6) is 0 Å². The molecule has 0 radical (unpaired) electrons. The standard InChI is InChI=1S/C19H19N3O3/c23-18(22-25-19(24)21-15-8-2-1-3-9-15)12-6-7-14-13-20-17-11-5-4-10-16(14)17/h1-5,8-11,13,20H,6-7,12H2,(H,21,24)(H,22,23). The van der Waals surface area contributed by atoms with Crippen molar-refractivity contribution in [3.05, 3.63) is 66.4 Å². The summed E-state index contributed by atoms with van der Waals surface area (Å²) in [6.45, 7) is 0. The largest absolute Gasteiger partial charge is 0.436 e. The van der Waals surface area contributed by atoms with Crippen LogP contribution in [0.4, 0.5) is 10.5 Å². The molecule has 2 amide bonds. The first kappa shape index (κ1) is 16.6. The van der Waals surface area contributed by atoms with Gasteiger partial charge in [0.25, 0.3) is 5.91 Å². The number of fused-ring (bicyclic) bond motifs is 1. The molecule has 0 aliphatic heterocycles. The number of amides is 2. The van der Waals surface area contributed by atoms with Crippen LogP contribution >= 0.6 is 0 Å². The molecule has 3 N–H and O–H groups in total. The predicted octanol–water partition coefficient (Wildman–Crippen LogP) is 3.77. The molecule has 3 aromatic rings. The molecule has 6 heteroatoms. The molecule has 3 rings (SSSR count). The number of H-pyrrole nitrogens is 1. The van der Waals surface area contributed by atoms with E-state index in [1.807, 2.05) is 30.5 Å². The molecule has 6 nitrogen and oxygen atoms in total. The number of hydroxylamine groups is 1. The maximum absolute atomic E-state index is 11.8. The average molecular weight is 337 g/mol. The number of aromatic amines is 1. The summed E-state index contributed by atoms with van der Waals surface area (Å²) in [5.41, 5.74) is 5.02. The summed E-state index contributed by atoms with van der Waals surface area (Å²) in [7, 11) is 0. The number of nitrogens with one attached hydrogen (secondary N) is 3. The topological polar surface area (TPSA) is 83.2 Å². The number of aryl methyl sites for hydroxylation is 1. The van der Waals surface area contributed by atoms with E-state index in [2.05, 4.69) is 21.8 Å². The van der Waals surface area contributed by atoms with E-state index >= 15 is 0 Å². The van der Waals surface area contributed by atoms with Crippen LogP contribution < -0.4 is 10.8 Å². The molecule has 0 bridgehead atoms. The predicted molar refractivity (Wildman–Crippen MR) is 95.9 cm³/mol. The molecule has 0 unspecified atom stereocenters. The van der Waals surface area contributed by atoms with Crippen LogP contribution in [0, 0.1) is 0 Å². The molecule has 2 aromatic carbocycles. The highest BCUT2D eigenvalue weighted by Gasteiger charge is 2.08. The lowest BCUT2D eigenvalue weighted by Gasteiger charge is -2.07. The quantitative estimate of drug-likeness (QED) is 0.620. The number of anilines is 1. The van der Waals surface area contributed by atoms with E-state index in [4.69, 9.17) is 4.84 Å². The van der Waals surface area contributed by atoms with Crippen molar-refractivity contribution >= 4 is 28.6 Å². The minimum absolute atomic E-state index is 0.276. The Bertz CT molecular complexity index is 858. The van der Waals surface area contributed by atoms with Crippen LogP contribution in [0.25, 0.3) is 10.9 Å². The van der Waals surface area contributed by atoms with Crippen LogP contribution in [0.15, 0.2) is 60.8 Å². The summed E-state index contributed by atoms with van der Waals surface area (Å²) in [5, 5.41) is 3.68. The van der Waals surface area contributed by atoms with E-state index in [9.17, 15) is 9.59 Å². The van der Waals surface area contributed by atoms with Gasteiger partial charge in [-0.1, -0.05) is 36.4 Å². The summed E-state index contributed by atoms with van der Waals surface area (Å²) in [5.74, 6) is -0.331. The number of hydrogen-bond acceptors (Lipinski definition) is 3. The lowest BCUT2D eigenvalue weighted by Crippen LogP contribution is -2.29. The molecule has 0 atom stereocenters. The van der Waals surface area contributed by atoms with Gasteiger partial charge in [0.15, 0.2) is 0 Å². The number of hydrogen-bond donors (Lipinski definition) is 3. The third-order valence-corrected chi connectivity index (χ3v) is 3.80.